The molecule has 5 nitrogen and oxygen atoms in total. The molecule has 2 aromatic rings. The highest BCUT2D eigenvalue weighted by Gasteiger charge is 2.48. The monoisotopic (exact) mass is 380 g/mol. The molecule has 2 unspecified atom stereocenters. The summed E-state index contributed by atoms with van der Waals surface area (Å²) in [4.78, 5) is 25.0. The molecule has 0 saturated heterocycles. The molecule has 2 atom stereocenters. The molecule has 1 fully saturated rings. The first kappa shape index (κ1) is 19.9. The number of ether oxygens (including phenoxy) is 1. The van der Waals surface area contributed by atoms with Gasteiger partial charge in [0.05, 0.1) is 18.9 Å². The van der Waals surface area contributed by atoms with E-state index in [-0.39, 0.29) is 23.7 Å². The van der Waals surface area contributed by atoms with Crippen LogP contribution in [-0.4, -0.2) is 25.5 Å². The Morgan fingerprint density at radius 3 is 2.50 bits per heavy atom. The molecule has 0 radical (unpaired) electrons. The minimum absolute atomic E-state index is 0.0458. The summed E-state index contributed by atoms with van der Waals surface area (Å²) in [6, 6.07) is 13.8. The van der Waals surface area contributed by atoms with Gasteiger partial charge in [-0.3, -0.25) is 9.59 Å². The van der Waals surface area contributed by atoms with Crippen LogP contribution in [0.5, 0.6) is 5.75 Å². The number of rotatable bonds is 8. The van der Waals surface area contributed by atoms with E-state index in [1.807, 2.05) is 49.4 Å². The molecule has 2 N–H and O–H groups in total. The van der Waals surface area contributed by atoms with Gasteiger partial charge < -0.3 is 15.4 Å². The molecule has 0 spiro atoms. The number of anilines is 1. The van der Waals surface area contributed by atoms with Crippen LogP contribution >= 0.6 is 0 Å². The Labute approximate surface area is 166 Å². The van der Waals surface area contributed by atoms with Crippen LogP contribution in [0.4, 0.5) is 5.69 Å². The van der Waals surface area contributed by atoms with Crippen molar-refractivity contribution in [2.75, 3.05) is 19.0 Å². The van der Waals surface area contributed by atoms with Gasteiger partial charge in [-0.1, -0.05) is 43.3 Å². The van der Waals surface area contributed by atoms with Crippen LogP contribution < -0.4 is 15.4 Å². The van der Waals surface area contributed by atoms with Crippen molar-refractivity contribution in [1.82, 2.24) is 5.32 Å². The lowest BCUT2D eigenvalue weighted by Gasteiger charge is -2.13. The topological polar surface area (TPSA) is 67.4 Å². The van der Waals surface area contributed by atoms with E-state index < -0.39 is 0 Å². The van der Waals surface area contributed by atoms with Crippen LogP contribution in [0.2, 0.25) is 0 Å². The molecule has 0 bridgehead atoms. The highest BCUT2D eigenvalue weighted by atomic mass is 16.5. The third-order valence-electron chi connectivity index (χ3n) is 5.34. The minimum Gasteiger partial charge on any atom is -0.496 e. The van der Waals surface area contributed by atoms with Crippen LogP contribution in [0.15, 0.2) is 42.5 Å². The Bertz CT molecular complexity index is 863. The summed E-state index contributed by atoms with van der Waals surface area (Å²) in [5.74, 6) is 0.247. The fraction of sp³-hybridized carbons (Fsp3) is 0.391. The van der Waals surface area contributed by atoms with Gasteiger partial charge in [0.15, 0.2) is 0 Å². The van der Waals surface area contributed by atoms with Crippen molar-refractivity contribution in [3.05, 3.63) is 59.2 Å². The van der Waals surface area contributed by atoms with Gasteiger partial charge in [-0.25, -0.2) is 0 Å². The molecule has 5 heteroatoms. The van der Waals surface area contributed by atoms with Gasteiger partial charge in [-0.05, 0) is 48.9 Å². The molecule has 1 aliphatic carbocycles. The van der Waals surface area contributed by atoms with Crippen molar-refractivity contribution in [2.24, 2.45) is 11.8 Å². The second kappa shape index (κ2) is 8.91. The summed E-state index contributed by atoms with van der Waals surface area (Å²) < 4.78 is 5.33. The van der Waals surface area contributed by atoms with Crippen molar-refractivity contribution in [3.63, 3.8) is 0 Å². The van der Waals surface area contributed by atoms with Gasteiger partial charge in [0.1, 0.15) is 5.75 Å². The third kappa shape index (κ3) is 4.53. The summed E-state index contributed by atoms with van der Waals surface area (Å²) in [6.07, 6.45) is 2.16. The summed E-state index contributed by atoms with van der Waals surface area (Å²) in [5, 5.41) is 5.99. The fourth-order valence-electron chi connectivity index (χ4n) is 3.55. The average molecular weight is 380 g/mol. The zero-order valence-electron chi connectivity index (χ0n) is 16.7. The number of para-hydroxylation sites is 2. The number of methoxy groups -OCH3 is 1. The van der Waals surface area contributed by atoms with Crippen LogP contribution in [0.1, 0.15) is 30.0 Å². The Hall–Kier alpha value is -2.82. The Morgan fingerprint density at radius 1 is 1.04 bits per heavy atom. The Morgan fingerprint density at radius 2 is 1.75 bits per heavy atom. The van der Waals surface area contributed by atoms with Gasteiger partial charge in [0.2, 0.25) is 11.8 Å². The van der Waals surface area contributed by atoms with E-state index in [1.54, 1.807) is 7.11 Å². The highest BCUT2D eigenvalue weighted by molar-refractivity contribution is 6.00. The summed E-state index contributed by atoms with van der Waals surface area (Å²) >= 11 is 0. The SMILES string of the molecule is CCc1cccc(C)c1NC(=O)C1CC1C(=O)NCCc1ccccc1OC. The first-order valence-electron chi connectivity index (χ1n) is 9.84. The predicted octanol–water partition coefficient (Wildman–Crippen LogP) is 3.50. The number of hydrogen-bond donors (Lipinski definition) is 2. The standard InChI is InChI=1S/C23H28N2O3/c1-4-16-10-7-8-15(2)21(16)25-23(27)19-14-18(19)22(26)24-13-12-17-9-5-6-11-20(17)28-3/h5-11,18-19H,4,12-14H2,1-3H3,(H,24,26)(H,25,27). The molecule has 3 rings (SSSR count). The van der Waals surface area contributed by atoms with Gasteiger partial charge in [-0.15, -0.1) is 0 Å². The smallest absolute Gasteiger partial charge is 0.228 e. The number of carbonyl (C=O) groups excluding carboxylic acids is 2. The van der Waals surface area contributed by atoms with E-state index in [0.717, 1.165) is 34.5 Å². The lowest BCUT2D eigenvalue weighted by molar-refractivity contribution is -0.125. The number of amides is 2. The zero-order valence-corrected chi connectivity index (χ0v) is 16.7. The molecule has 1 aliphatic rings. The maximum Gasteiger partial charge on any atom is 0.228 e. The van der Waals surface area contributed by atoms with E-state index in [2.05, 4.69) is 17.6 Å². The maximum atomic E-state index is 12.6. The second-order valence-electron chi connectivity index (χ2n) is 7.25. The van der Waals surface area contributed by atoms with E-state index in [9.17, 15) is 9.59 Å². The summed E-state index contributed by atoms with van der Waals surface area (Å²) in [6.45, 7) is 4.59. The first-order chi connectivity index (χ1) is 13.5. The number of benzene rings is 2. The normalized spacial score (nSPS) is 17.7. The molecule has 0 aromatic heterocycles. The van der Waals surface area contributed by atoms with E-state index in [4.69, 9.17) is 4.74 Å². The van der Waals surface area contributed by atoms with Gasteiger partial charge in [-0.2, -0.15) is 0 Å². The van der Waals surface area contributed by atoms with Gasteiger partial charge in [0, 0.05) is 12.2 Å². The maximum absolute atomic E-state index is 12.6. The number of carbonyl (C=O) groups is 2. The van der Waals surface area contributed by atoms with Crippen molar-refractivity contribution < 1.29 is 14.3 Å². The first-order valence-corrected chi connectivity index (χ1v) is 9.84. The lowest BCUT2D eigenvalue weighted by Crippen LogP contribution is -2.29. The molecule has 2 aromatic carbocycles. The van der Waals surface area contributed by atoms with Crippen LogP contribution in [0.25, 0.3) is 0 Å². The Balaban J connectivity index is 1.49. The molecule has 2 amide bonds. The number of hydrogen-bond acceptors (Lipinski definition) is 3. The third-order valence-corrected chi connectivity index (χ3v) is 5.34. The molecule has 0 aliphatic heterocycles. The Kier molecular flexibility index (Phi) is 6.34. The summed E-state index contributed by atoms with van der Waals surface area (Å²) in [7, 11) is 1.64. The molecular weight excluding hydrogens is 352 g/mol. The van der Waals surface area contributed by atoms with Crippen molar-refractivity contribution in [1.29, 1.82) is 0 Å². The largest absolute Gasteiger partial charge is 0.496 e. The van der Waals surface area contributed by atoms with Crippen molar-refractivity contribution >= 4 is 17.5 Å². The summed E-state index contributed by atoms with van der Waals surface area (Å²) in [5.41, 5.74) is 4.11. The molecule has 1 saturated carbocycles. The highest BCUT2D eigenvalue weighted by Crippen LogP contribution is 2.40. The van der Waals surface area contributed by atoms with Gasteiger partial charge in [0.25, 0.3) is 0 Å². The number of aryl methyl sites for hydroxylation is 2. The van der Waals surface area contributed by atoms with Crippen molar-refractivity contribution in [3.8, 4) is 5.75 Å². The van der Waals surface area contributed by atoms with E-state index in [1.165, 1.54) is 0 Å². The zero-order chi connectivity index (χ0) is 20.1. The molecular formula is C23H28N2O3. The van der Waals surface area contributed by atoms with E-state index >= 15 is 0 Å². The van der Waals surface area contributed by atoms with E-state index in [0.29, 0.717) is 19.4 Å². The average Bonchev–Trinajstić information content (AvgIpc) is 3.51. The molecule has 28 heavy (non-hydrogen) atoms. The number of nitrogens with one attached hydrogen (secondary N) is 2. The molecule has 0 heterocycles. The fourth-order valence-corrected chi connectivity index (χ4v) is 3.55. The van der Waals surface area contributed by atoms with Crippen LogP contribution in [-0.2, 0) is 22.4 Å². The predicted molar refractivity (Wildman–Crippen MR) is 110 cm³/mol. The minimum atomic E-state index is -0.240. The van der Waals surface area contributed by atoms with Crippen LogP contribution in [0.3, 0.4) is 0 Å². The second-order valence-corrected chi connectivity index (χ2v) is 7.25. The van der Waals surface area contributed by atoms with Gasteiger partial charge >= 0.3 is 0 Å². The van der Waals surface area contributed by atoms with Crippen molar-refractivity contribution in [2.45, 2.75) is 33.1 Å². The molecule has 148 valence electrons. The quantitative estimate of drug-likeness (QED) is 0.737. The van der Waals surface area contributed by atoms with Crippen LogP contribution in [0, 0.1) is 18.8 Å². The lowest BCUT2D eigenvalue weighted by atomic mass is 10.1.